The second kappa shape index (κ2) is 10.6. The summed E-state index contributed by atoms with van der Waals surface area (Å²) < 4.78 is 32.2. The summed E-state index contributed by atoms with van der Waals surface area (Å²) in [6.07, 6.45) is 1.29. The van der Waals surface area contributed by atoms with Crippen LogP contribution in [-0.2, 0) is 34.6 Å². The number of carbonyl (C=O) groups is 2. The van der Waals surface area contributed by atoms with E-state index in [1.54, 1.807) is 63.9 Å². The molecular weight excluding hydrogens is 534 g/mol. The maximum atomic E-state index is 13.7. The molecule has 1 fully saturated rings. The van der Waals surface area contributed by atoms with Crippen LogP contribution in [0.3, 0.4) is 0 Å². The van der Waals surface area contributed by atoms with Gasteiger partial charge in [0.15, 0.2) is 15.5 Å². The number of nitrogens with one attached hydrogen (secondary N) is 1. The standard InChI is InChI=1S/C28H37N5O6S/c1-26(2,36)17-39-18-27(3,4)40(37,38)28(11-12-28)16-33-13-10-21-22(31-32(5)23(21)25(33)35)24(34)30-15-20-8-6-19(14-29)7-9-20/h6-9,36H,10-13,15-18H2,1-5H3,(H,30,34). The Hall–Kier alpha value is -3.27. The second-order valence-electron chi connectivity index (χ2n) is 12.0. The van der Waals surface area contributed by atoms with Gasteiger partial charge in [0.1, 0.15) is 5.69 Å². The highest BCUT2D eigenvalue weighted by atomic mass is 32.2. The van der Waals surface area contributed by atoms with Gasteiger partial charge in [0.05, 0.1) is 39.9 Å². The lowest BCUT2D eigenvalue weighted by molar-refractivity contribution is -0.0253. The summed E-state index contributed by atoms with van der Waals surface area (Å²) in [4.78, 5) is 28.1. The fraction of sp³-hybridized carbons (Fsp3) is 0.571. The number of amides is 2. The molecule has 216 valence electrons. The normalized spacial score (nSPS) is 16.8. The number of hydrogen-bond donors (Lipinski definition) is 2. The number of sulfone groups is 1. The molecule has 0 radical (unpaired) electrons. The van der Waals surface area contributed by atoms with Crippen molar-refractivity contribution in [1.82, 2.24) is 20.0 Å². The quantitative estimate of drug-likeness (QED) is 0.413. The first-order chi connectivity index (χ1) is 18.6. The molecule has 2 aliphatic rings. The molecule has 0 bridgehead atoms. The molecule has 1 aromatic heterocycles. The minimum absolute atomic E-state index is 0.0101. The lowest BCUT2D eigenvalue weighted by Crippen LogP contribution is -2.52. The maximum Gasteiger partial charge on any atom is 0.272 e. The molecule has 1 saturated carbocycles. The second-order valence-corrected chi connectivity index (χ2v) is 15.0. The molecule has 11 nitrogen and oxygen atoms in total. The summed E-state index contributed by atoms with van der Waals surface area (Å²) in [5.41, 5.74) is 1.30. The van der Waals surface area contributed by atoms with E-state index in [4.69, 9.17) is 10.00 Å². The van der Waals surface area contributed by atoms with E-state index in [9.17, 15) is 23.1 Å². The van der Waals surface area contributed by atoms with E-state index in [0.717, 1.165) is 5.56 Å². The van der Waals surface area contributed by atoms with E-state index in [1.807, 2.05) is 0 Å². The SMILES string of the molecule is Cn1nc(C(=O)NCc2ccc(C#N)cc2)c2c1C(=O)N(CC1(S(=O)(=O)C(C)(C)COCC(C)(C)O)CC1)CC2. The van der Waals surface area contributed by atoms with Crippen molar-refractivity contribution < 1.29 is 27.9 Å². The fourth-order valence-corrected chi connectivity index (χ4v) is 7.45. The highest BCUT2D eigenvalue weighted by Gasteiger charge is 2.61. The number of nitrogens with zero attached hydrogens (tertiary/aromatic N) is 4. The molecule has 4 rings (SSSR count). The minimum atomic E-state index is -3.71. The molecule has 0 unspecified atom stereocenters. The van der Waals surface area contributed by atoms with Crippen molar-refractivity contribution in [3.05, 3.63) is 52.3 Å². The molecule has 2 heterocycles. The van der Waals surface area contributed by atoms with E-state index in [0.29, 0.717) is 30.4 Å². The maximum absolute atomic E-state index is 13.7. The monoisotopic (exact) mass is 571 g/mol. The van der Waals surface area contributed by atoms with Gasteiger partial charge < -0.3 is 20.1 Å². The van der Waals surface area contributed by atoms with Crippen LogP contribution in [0.15, 0.2) is 24.3 Å². The summed E-state index contributed by atoms with van der Waals surface area (Å²) in [6.45, 7) is 6.95. The Bertz CT molecular complexity index is 1440. The third-order valence-electron chi connectivity index (χ3n) is 7.51. The molecule has 0 spiro atoms. The first-order valence-corrected chi connectivity index (χ1v) is 14.8. The zero-order valence-electron chi connectivity index (χ0n) is 23.7. The molecule has 1 aromatic carbocycles. The van der Waals surface area contributed by atoms with Gasteiger partial charge >= 0.3 is 0 Å². The first-order valence-electron chi connectivity index (χ1n) is 13.3. The average Bonchev–Trinajstić information content (AvgIpc) is 3.59. The van der Waals surface area contributed by atoms with Crippen molar-refractivity contribution in [3.63, 3.8) is 0 Å². The number of carbonyl (C=O) groups excluding carboxylic acids is 2. The van der Waals surface area contributed by atoms with Gasteiger partial charge in [0.25, 0.3) is 11.8 Å². The van der Waals surface area contributed by atoms with Crippen LogP contribution in [0.5, 0.6) is 0 Å². The summed E-state index contributed by atoms with van der Waals surface area (Å²) >= 11 is 0. The van der Waals surface area contributed by atoms with Gasteiger partial charge in [-0.2, -0.15) is 10.4 Å². The van der Waals surface area contributed by atoms with Crippen molar-refractivity contribution in [3.8, 4) is 6.07 Å². The van der Waals surface area contributed by atoms with Crippen molar-refractivity contribution in [2.45, 2.75) is 68.6 Å². The lowest BCUT2D eigenvalue weighted by atomic mass is 10.0. The number of aromatic nitrogens is 2. The highest BCUT2D eigenvalue weighted by molar-refractivity contribution is 7.94. The van der Waals surface area contributed by atoms with Gasteiger partial charge in [-0.3, -0.25) is 14.3 Å². The van der Waals surface area contributed by atoms with Crippen LogP contribution >= 0.6 is 0 Å². The molecule has 1 aliphatic carbocycles. The van der Waals surface area contributed by atoms with Gasteiger partial charge in [-0.05, 0) is 64.7 Å². The van der Waals surface area contributed by atoms with Crippen LogP contribution in [0.1, 0.15) is 78.2 Å². The van der Waals surface area contributed by atoms with Gasteiger partial charge in [-0.15, -0.1) is 0 Å². The summed E-state index contributed by atoms with van der Waals surface area (Å²) in [6, 6.07) is 8.92. The number of hydrogen-bond acceptors (Lipinski definition) is 8. The van der Waals surface area contributed by atoms with Crippen molar-refractivity contribution >= 4 is 21.7 Å². The summed E-state index contributed by atoms with van der Waals surface area (Å²) in [5.74, 6) is -0.753. The third kappa shape index (κ3) is 5.77. The van der Waals surface area contributed by atoms with Crippen LogP contribution in [0.2, 0.25) is 0 Å². The van der Waals surface area contributed by atoms with Gasteiger partial charge in [0.2, 0.25) is 0 Å². The number of rotatable bonds is 11. The number of benzene rings is 1. The van der Waals surface area contributed by atoms with Crippen LogP contribution < -0.4 is 5.32 Å². The molecule has 1 aliphatic heterocycles. The number of nitriles is 1. The average molecular weight is 572 g/mol. The Labute approximate surface area is 235 Å². The van der Waals surface area contributed by atoms with Crippen LogP contribution in [0, 0.1) is 11.3 Å². The lowest BCUT2D eigenvalue weighted by Gasteiger charge is -2.35. The van der Waals surface area contributed by atoms with Crippen LogP contribution in [0.4, 0.5) is 0 Å². The molecule has 2 aromatic rings. The Kier molecular flexibility index (Phi) is 7.88. The zero-order valence-corrected chi connectivity index (χ0v) is 24.5. The predicted molar refractivity (Wildman–Crippen MR) is 147 cm³/mol. The number of aryl methyl sites for hydroxylation is 1. The van der Waals surface area contributed by atoms with Crippen LogP contribution in [-0.4, -0.2) is 81.4 Å². The molecule has 2 amide bonds. The molecule has 0 saturated heterocycles. The van der Waals surface area contributed by atoms with Crippen molar-refractivity contribution in [2.75, 3.05) is 26.3 Å². The number of ether oxygens (including phenoxy) is 1. The smallest absolute Gasteiger partial charge is 0.272 e. The number of fused-ring (bicyclic) bond motifs is 1. The van der Waals surface area contributed by atoms with Gasteiger partial charge in [-0.25, -0.2) is 8.42 Å². The molecule has 12 heteroatoms. The predicted octanol–water partition coefficient (Wildman–Crippen LogP) is 1.73. The minimum Gasteiger partial charge on any atom is -0.388 e. The van der Waals surface area contributed by atoms with Gasteiger partial charge in [-0.1, -0.05) is 12.1 Å². The van der Waals surface area contributed by atoms with E-state index < -0.39 is 30.8 Å². The summed E-state index contributed by atoms with van der Waals surface area (Å²) in [5, 5.41) is 26.0. The largest absolute Gasteiger partial charge is 0.388 e. The number of aliphatic hydroxyl groups is 1. The Morgan fingerprint density at radius 3 is 2.42 bits per heavy atom. The highest BCUT2D eigenvalue weighted by Crippen LogP contribution is 2.49. The van der Waals surface area contributed by atoms with Crippen LogP contribution in [0.25, 0.3) is 0 Å². The molecule has 40 heavy (non-hydrogen) atoms. The molecule has 2 N–H and O–H groups in total. The topological polar surface area (TPSA) is 155 Å². The summed E-state index contributed by atoms with van der Waals surface area (Å²) in [7, 11) is -2.10. The molecule has 0 atom stereocenters. The van der Waals surface area contributed by atoms with E-state index >= 15 is 0 Å². The zero-order chi connectivity index (χ0) is 29.5. The molecular formula is C28H37N5O6S. The first kappa shape index (κ1) is 29.7. The van der Waals surface area contributed by atoms with Crippen molar-refractivity contribution in [2.24, 2.45) is 7.05 Å². The fourth-order valence-electron chi connectivity index (χ4n) is 5.08. The van der Waals surface area contributed by atoms with E-state index in [1.165, 1.54) is 4.68 Å². The Morgan fingerprint density at radius 2 is 1.85 bits per heavy atom. The Balaban J connectivity index is 1.45. The van der Waals surface area contributed by atoms with E-state index in [-0.39, 0.29) is 50.1 Å². The van der Waals surface area contributed by atoms with E-state index in [2.05, 4.69) is 16.5 Å². The Morgan fingerprint density at radius 1 is 1.20 bits per heavy atom. The van der Waals surface area contributed by atoms with Crippen molar-refractivity contribution in [1.29, 1.82) is 5.26 Å². The third-order valence-corrected chi connectivity index (χ3v) is 10.8. The van der Waals surface area contributed by atoms with Gasteiger partial charge in [0, 0.05) is 32.2 Å².